The molecule has 1 heterocycles. The van der Waals surface area contributed by atoms with Crippen molar-refractivity contribution in [3.8, 4) is 0 Å². The van der Waals surface area contributed by atoms with Crippen molar-refractivity contribution in [2.24, 2.45) is 0 Å². The lowest BCUT2D eigenvalue weighted by Gasteiger charge is -2.23. The van der Waals surface area contributed by atoms with Crippen LogP contribution in [0.25, 0.3) is 0 Å². The molecule has 0 saturated heterocycles. The fraction of sp³-hybridized carbons (Fsp3) is 0.500. The molecule has 1 saturated carbocycles. The molecular weight excluding hydrogens is 318 g/mol. The van der Waals surface area contributed by atoms with Crippen LogP contribution < -0.4 is 0 Å². The number of thiophene rings is 1. The molecule has 1 atom stereocenters. The Morgan fingerprint density at radius 2 is 2.22 bits per heavy atom. The predicted molar refractivity (Wildman–Crippen MR) is 72.8 cm³/mol. The number of hydrogen-bond acceptors (Lipinski definition) is 3. The molecule has 6 heteroatoms. The molecule has 1 unspecified atom stereocenters. The molecule has 2 rings (SSSR count). The lowest BCUT2D eigenvalue weighted by molar-refractivity contribution is -0.145. The van der Waals surface area contributed by atoms with E-state index < -0.39 is 5.97 Å². The van der Waals surface area contributed by atoms with Gasteiger partial charge >= 0.3 is 5.97 Å². The number of rotatable bonds is 5. The fourth-order valence-corrected chi connectivity index (χ4v) is 3.32. The van der Waals surface area contributed by atoms with Crippen LogP contribution in [0.1, 0.15) is 30.6 Å². The van der Waals surface area contributed by atoms with Crippen molar-refractivity contribution in [3.05, 3.63) is 20.8 Å². The van der Waals surface area contributed by atoms with Crippen LogP contribution in [-0.2, 0) is 9.59 Å². The Kier molecular flexibility index (Phi) is 4.07. The standard InChI is InChI=1S/C12H14BrNO3S/c1-7(9-4-5-10(13)18-9)12(17)14(6-11(15)16)8-2-3-8/h4-5,7-8H,2-3,6H2,1H3,(H,15,16). The van der Waals surface area contributed by atoms with Gasteiger partial charge < -0.3 is 10.0 Å². The summed E-state index contributed by atoms with van der Waals surface area (Å²) in [6, 6.07) is 3.94. The van der Waals surface area contributed by atoms with E-state index >= 15 is 0 Å². The molecule has 1 aliphatic rings. The first-order chi connectivity index (χ1) is 8.49. The summed E-state index contributed by atoms with van der Waals surface area (Å²) in [5, 5.41) is 8.87. The van der Waals surface area contributed by atoms with Crippen molar-refractivity contribution in [1.82, 2.24) is 4.90 Å². The molecule has 1 aliphatic carbocycles. The third-order valence-corrected chi connectivity index (χ3v) is 4.77. The Balaban J connectivity index is 2.10. The third-order valence-electron chi connectivity index (χ3n) is 2.97. The minimum atomic E-state index is -0.949. The summed E-state index contributed by atoms with van der Waals surface area (Å²) in [6.45, 7) is 1.64. The third kappa shape index (κ3) is 3.11. The van der Waals surface area contributed by atoms with Crippen LogP contribution in [0.3, 0.4) is 0 Å². The lowest BCUT2D eigenvalue weighted by atomic mass is 10.1. The molecule has 98 valence electrons. The molecular formula is C12H14BrNO3S. The smallest absolute Gasteiger partial charge is 0.323 e. The largest absolute Gasteiger partial charge is 0.480 e. The Bertz CT molecular complexity index is 470. The van der Waals surface area contributed by atoms with Gasteiger partial charge in [-0.3, -0.25) is 9.59 Å². The van der Waals surface area contributed by atoms with E-state index in [1.807, 2.05) is 19.1 Å². The molecule has 1 fully saturated rings. The van der Waals surface area contributed by atoms with Crippen LogP contribution >= 0.6 is 27.3 Å². The van der Waals surface area contributed by atoms with Gasteiger partial charge in [-0.2, -0.15) is 0 Å². The molecule has 0 spiro atoms. The van der Waals surface area contributed by atoms with Gasteiger partial charge in [0.15, 0.2) is 0 Å². The first kappa shape index (κ1) is 13.5. The molecule has 4 nitrogen and oxygen atoms in total. The Labute approximate surface area is 118 Å². The van der Waals surface area contributed by atoms with Gasteiger partial charge in [-0.1, -0.05) is 0 Å². The van der Waals surface area contributed by atoms with Gasteiger partial charge in [0, 0.05) is 10.9 Å². The summed E-state index contributed by atoms with van der Waals surface area (Å²) >= 11 is 4.88. The number of halogens is 1. The minimum Gasteiger partial charge on any atom is -0.480 e. The highest BCUT2D eigenvalue weighted by Crippen LogP contribution is 2.33. The second-order valence-corrected chi connectivity index (χ2v) is 6.95. The lowest BCUT2D eigenvalue weighted by Crippen LogP contribution is -2.39. The van der Waals surface area contributed by atoms with Gasteiger partial charge in [0.1, 0.15) is 6.54 Å². The number of amides is 1. The van der Waals surface area contributed by atoms with Gasteiger partial charge in [-0.25, -0.2) is 0 Å². The van der Waals surface area contributed by atoms with Crippen molar-refractivity contribution in [1.29, 1.82) is 0 Å². The maximum atomic E-state index is 12.3. The van der Waals surface area contributed by atoms with Gasteiger partial charge in [-0.05, 0) is 47.8 Å². The zero-order chi connectivity index (χ0) is 13.3. The molecule has 0 aromatic carbocycles. The van der Waals surface area contributed by atoms with Crippen molar-refractivity contribution < 1.29 is 14.7 Å². The highest BCUT2D eigenvalue weighted by molar-refractivity contribution is 9.11. The average Bonchev–Trinajstić information content (AvgIpc) is 3.06. The molecule has 1 aromatic heterocycles. The average molecular weight is 332 g/mol. The number of carbonyl (C=O) groups excluding carboxylic acids is 1. The van der Waals surface area contributed by atoms with Crippen LogP contribution in [0.15, 0.2) is 15.9 Å². The summed E-state index contributed by atoms with van der Waals surface area (Å²) in [5.41, 5.74) is 0. The quantitative estimate of drug-likeness (QED) is 0.902. The van der Waals surface area contributed by atoms with Crippen molar-refractivity contribution in [3.63, 3.8) is 0 Å². The number of carboxylic acids is 1. The molecule has 1 amide bonds. The van der Waals surface area contributed by atoms with Crippen LogP contribution in [0.5, 0.6) is 0 Å². The van der Waals surface area contributed by atoms with E-state index in [1.54, 1.807) is 0 Å². The topological polar surface area (TPSA) is 57.6 Å². The number of aliphatic carboxylic acids is 1. The summed E-state index contributed by atoms with van der Waals surface area (Å²) in [4.78, 5) is 25.6. The Morgan fingerprint density at radius 3 is 2.67 bits per heavy atom. The Hall–Kier alpha value is -0.880. The molecule has 18 heavy (non-hydrogen) atoms. The van der Waals surface area contributed by atoms with Crippen LogP contribution in [0.4, 0.5) is 0 Å². The van der Waals surface area contributed by atoms with Crippen molar-refractivity contribution >= 4 is 39.1 Å². The van der Waals surface area contributed by atoms with Crippen LogP contribution in [0.2, 0.25) is 0 Å². The summed E-state index contributed by atoms with van der Waals surface area (Å²) in [6.07, 6.45) is 1.83. The zero-order valence-electron chi connectivity index (χ0n) is 9.93. The Morgan fingerprint density at radius 1 is 1.56 bits per heavy atom. The van der Waals surface area contributed by atoms with E-state index in [0.29, 0.717) is 0 Å². The van der Waals surface area contributed by atoms with Gasteiger partial charge in [-0.15, -0.1) is 11.3 Å². The van der Waals surface area contributed by atoms with E-state index in [0.717, 1.165) is 21.5 Å². The predicted octanol–water partition coefficient (Wildman–Crippen LogP) is 2.69. The maximum absolute atomic E-state index is 12.3. The van der Waals surface area contributed by atoms with E-state index in [2.05, 4.69) is 15.9 Å². The van der Waals surface area contributed by atoms with E-state index in [9.17, 15) is 9.59 Å². The van der Waals surface area contributed by atoms with Gasteiger partial charge in [0.05, 0.1) is 9.70 Å². The van der Waals surface area contributed by atoms with Crippen LogP contribution in [0, 0.1) is 0 Å². The number of carbonyl (C=O) groups is 2. The molecule has 0 aliphatic heterocycles. The maximum Gasteiger partial charge on any atom is 0.323 e. The molecule has 0 bridgehead atoms. The molecule has 0 radical (unpaired) electrons. The first-order valence-electron chi connectivity index (χ1n) is 5.76. The number of hydrogen-bond donors (Lipinski definition) is 1. The van der Waals surface area contributed by atoms with Crippen molar-refractivity contribution in [2.75, 3.05) is 6.54 Å². The second kappa shape index (κ2) is 5.40. The molecule has 1 aromatic rings. The van der Waals surface area contributed by atoms with E-state index in [-0.39, 0.29) is 24.4 Å². The zero-order valence-corrected chi connectivity index (χ0v) is 12.3. The fourth-order valence-electron chi connectivity index (χ4n) is 1.85. The molecule has 1 N–H and O–H groups in total. The highest BCUT2D eigenvalue weighted by atomic mass is 79.9. The number of carboxylic acid groups (broad SMARTS) is 1. The first-order valence-corrected chi connectivity index (χ1v) is 7.37. The highest BCUT2D eigenvalue weighted by Gasteiger charge is 2.36. The monoisotopic (exact) mass is 331 g/mol. The normalized spacial score (nSPS) is 16.3. The van der Waals surface area contributed by atoms with E-state index in [4.69, 9.17) is 5.11 Å². The van der Waals surface area contributed by atoms with Gasteiger partial charge in [0.2, 0.25) is 5.91 Å². The SMILES string of the molecule is CC(C(=O)N(CC(=O)O)C1CC1)c1ccc(Br)s1. The summed E-state index contributed by atoms with van der Waals surface area (Å²) in [7, 11) is 0. The summed E-state index contributed by atoms with van der Waals surface area (Å²) < 4.78 is 0.980. The minimum absolute atomic E-state index is 0.0887. The number of nitrogens with zero attached hydrogens (tertiary/aromatic N) is 1. The van der Waals surface area contributed by atoms with Gasteiger partial charge in [0.25, 0.3) is 0 Å². The second-order valence-electron chi connectivity index (χ2n) is 4.45. The summed E-state index contributed by atoms with van der Waals surface area (Å²) in [5.74, 6) is -1.31. The van der Waals surface area contributed by atoms with Crippen molar-refractivity contribution in [2.45, 2.75) is 31.7 Å². The van der Waals surface area contributed by atoms with Crippen LogP contribution in [-0.4, -0.2) is 34.5 Å². The van der Waals surface area contributed by atoms with E-state index in [1.165, 1.54) is 16.2 Å².